The topological polar surface area (TPSA) is 43.8 Å². The molecule has 0 aliphatic rings. The Morgan fingerprint density at radius 2 is 2.23 bits per heavy atom. The lowest BCUT2D eigenvalue weighted by atomic mass is 10.3. The van der Waals surface area contributed by atoms with Crippen LogP contribution in [0.2, 0.25) is 0 Å². The molecule has 2 N–H and O–H groups in total. The number of nitrogens with two attached hydrogens (primary N) is 1. The van der Waals surface area contributed by atoms with Crippen LogP contribution in [0.3, 0.4) is 0 Å². The Bertz CT molecular complexity index is 328. The third kappa shape index (κ3) is 2.19. The van der Waals surface area contributed by atoms with Gasteiger partial charge >= 0.3 is 0 Å². The Morgan fingerprint density at radius 3 is 2.62 bits per heavy atom. The Balaban J connectivity index is 2.90. The molecule has 0 atom stereocenters. The first kappa shape index (κ1) is 10.5. The number of halogens is 1. The molecule has 0 unspecified atom stereocenters. The van der Waals surface area contributed by atoms with Crippen LogP contribution in [-0.4, -0.2) is 16.3 Å². The van der Waals surface area contributed by atoms with Gasteiger partial charge in [-0.3, -0.25) is 4.68 Å². The van der Waals surface area contributed by atoms with Crippen molar-refractivity contribution in [1.82, 2.24) is 9.78 Å². The summed E-state index contributed by atoms with van der Waals surface area (Å²) >= 11 is 3.47. The zero-order valence-electron chi connectivity index (χ0n) is 7.97. The quantitative estimate of drug-likeness (QED) is 0.823. The SMILES string of the molecule is C=C(CN)Cn1nc(C)c(Br)c1C. The largest absolute Gasteiger partial charge is 0.327 e. The zero-order valence-corrected chi connectivity index (χ0v) is 9.56. The van der Waals surface area contributed by atoms with Crippen LogP contribution in [-0.2, 0) is 6.54 Å². The molecule has 1 heterocycles. The smallest absolute Gasteiger partial charge is 0.0738 e. The van der Waals surface area contributed by atoms with Crippen LogP contribution >= 0.6 is 15.9 Å². The van der Waals surface area contributed by atoms with Crippen molar-refractivity contribution < 1.29 is 0 Å². The van der Waals surface area contributed by atoms with E-state index in [1.807, 2.05) is 18.5 Å². The van der Waals surface area contributed by atoms with E-state index in [2.05, 4.69) is 27.6 Å². The fourth-order valence-electron chi connectivity index (χ4n) is 1.11. The van der Waals surface area contributed by atoms with Gasteiger partial charge in [0.05, 0.1) is 22.4 Å². The highest BCUT2D eigenvalue weighted by molar-refractivity contribution is 9.10. The molecule has 1 aromatic heterocycles. The minimum atomic E-state index is 0.510. The number of hydrogen-bond donors (Lipinski definition) is 1. The van der Waals surface area contributed by atoms with Gasteiger partial charge in [0.15, 0.2) is 0 Å². The summed E-state index contributed by atoms with van der Waals surface area (Å²) < 4.78 is 2.98. The molecule has 1 aromatic rings. The fraction of sp³-hybridized carbons (Fsp3) is 0.444. The standard InChI is InChI=1S/C9H14BrN3/c1-6(4-11)5-13-8(3)9(10)7(2)12-13/h1,4-5,11H2,2-3H3. The maximum absolute atomic E-state index is 5.46. The average molecular weight is 244 g/mol. The second kappa shape index (κ2) is 4.07. The average Bonchev–Trinajstić information content (AvgIpc) is 2.34. The van der Waals surface area contributed by atoms with Crippen LogP contribution in [0.4, 0.5) is 0 Å². The molecule has 0 aromatic carbocycles. The summed E-state index contributed by atoms with van der Waals surface area (Å²) in [5, 5.41) is 4.35. The summed E-state index contributed by atoms with van der Waals surface area (Å²) in [5.74, 6) is 0. The summed E-state index contributed by atoms with van der Waals surface area (Å²) in [6.07, 6.45) is 0. The number of hydrogen-bond acceptors (Lipinski definition) is 2. The predicted octanol–water partition coefficient (Wildman–Crippen LogP) is 1.78. The Hall–Kier alpha value is -0.610. The maximum atomic E-state index is 5.46. The molecular weight excluding hydrogens is 230 g/mol. The van der Waals surface area contributed by atoms with E-state index in [0.29, 0.717) is 13.1 Å². The van der Waals surface area contributed by atoms with Gasteiger partial charge in [-0.2, -0.15) is 5.10 Å². The lowest BCUT2D eigenvalue weighted by Gasteiger charge is -2.04. The highest BCUT2D eigenvalue weighted by Crippen LogP contribution is 2.19. The van der Waals surface area contributed by atoms with Crippen molar-refractivity contribution in [2.45, 2.75) is 20.4 Å². The number of rotatable bonds is 3. The van der Waals surface area contributed by atoms with Crippen molar-refractivity contribution in [1.29, 1.82) is 0 Å². The van der Waals surface area contributed by atoms with E-state index in [4.69, 9.17) is 5.73 Å². The monoisotopic (exact) mass is 243 g/mol. The third-order valence-electron chi connectivity index (χ3n) is 1.96. The van der Waals surface area contributed by atoms with Gasteiger partial charge in [-0.15, -0.1) is 0 Å². The van der Waals surface area contributed by atoms with Crippen LogP contribution in [0.25, 0.3) is 0 Å². The lowest BCUT2D eigenvalue weighted by Crippen LogP contribution is -2.11. The first-order valence-electron chi connectivity index (χ1n) is 4.12. The van der Waals surface area contributed by atoms with Crippen LogP contribution in [0.15, 0.2) is 16.6 Å². The molecule has 0 spiro atoms. The van der Waals surface area contributed by atoms with Crippen LogP contribution < -0.4 is 5.73 Å². The fourth-order valence-corrected chi connectivity index (χ4v) is 1.39. The molecule has 4 heteroatoms. The van der Waals surface area contributed by atoms with Gasteiger partial charge in [-0.1, -0.05) is 6.58 Å². The Kier molecular flexibility index (Phi) is 3.27. The van der Waals surface area contributed by atoms with E-state index < -0.39 is 0 Å². The van der Waals surface area contributed by atoms with Gasteiger partial charge in [-0.25, -0.2) is 0 Å². The summed E-state index contributed by atoms with van der Waals surface area (Å²) in [7, 11) is 0. The summed E-state index contributed by atoms with van der Waals surface area (Å²) in [5.41, 5.74) is 8.57. The molecule has 0 aliphatic carbocycles. The van der Waals surface area contributed by atoms with Crippen molar-refractivity contribution in [2.75, 3.05) is 6.54 Å². The Labute approximate surface area is 86.7 Å². The van der Waals surface area contributed by atoms with Crippen molar-refractivity contribution in [2.24, 2.45) is 5.73 Å². The molecule has 13 heavy (non-hydrogen) atoms. The van der Waals surface area contributed by atoms with Gasteiger partial charge < -0.3 is 5.73 Å². The highest BCUT2D eigenvalue weighted by Gasteiger charge is 2.08. The maximum Gasteiger partial charge on any atom is 0.0738 e. The molecular formula is C9H14BrN3. The van der Waals surface area contributed by atoms with Crippen LogP contribution in [0.1, 0.15) is 11.4 Å². The minimum Gasteiger partial charge on any atom is -0.327 e. The van der Waals surface area contributed by atoms with Crippen molar-refractivity contribution in [3.63, 3.8) is 0 Å². The number of aromatic nitrogens is 2. The normalized spacial score (nSPS) is 10.5. The van der Waals surface area contributed by atoms with Gasteiger partial charge in [0.25, 0.3) is 0 Å². The molecule has 0 radical (unpaired) electrons. The minimum absolute atomic E-state index is 0.510. The van der Waals surface area contributed by atoms with E-state index in [1.54, 1.807) is 0 Å². The summed E-state index contributed by atoms with van der Waals surface area (Å²) in [6.45, 7) is 9.05. The Morgan fingerprint density at radius 1 is 1.62 bits per heavy atom. The predicted molar refractivity (Wildman–Crippen MR) is 57.6 cm³/mol. The molecule has 0 fully saturated rings. The zero-order chi connectivity index (χ0) is 10.0. The molecule has 0 bridgehead atoms. The van der Waals surface area contributed by atoms with Gasteiger partial charge in [0.1, 0.15) is 0 Å². The second-order valence-corrected chi connectivity index (χ2v) is 3.89. The first-order chi connectivity index (χ1) is 6.06. The van der Waals surface area contributed by atoms with Crippen molar-refractivity contribution >= 4 is 15.9 Å². The summed E-state index contributed by atoms with van der Waals surface area (Å²) in [4.78, 5) is 0. The van der Waals surface area contributed by atoms with Crippen LogP contribution in [0.5, 0.6) is 0 Å². The first-order valence-corrected chi connectivity index (χ1v) is 4.91. The van der Waals surface area contributed by atoms with E-state index in [-0.39, 0.29) is 0 Å². The van der Waals surface area contributed by atoms with E-state index in [1.165, 1.54) is 0 Å². The van der Waals surface area contributed by atoms with Crippen molar-refractivity contribution in [3.8, 4) is 0 Å². The van der Waals surface area contributed by atoms with Gasteiger partial charge in [0, 0.05) is 6.54 Å². The molecule has 0 aliphatic heterocycles. The molecule has 0 saturated heterocycles. The van der Waals surface area contributed by atoms with E-state index in [9.17, 15) is 0 Å². The lowest BCUT2D eigenvalue weighted by molar-refractivity contribution is 0.644. The molecule has 3 nitrogen and oxygen atoms in total. The van der Waals surface area contributed by atoms with Gasteiger partial charge in [-0.05, 0) is 35.4 Å². The van der Waals surface area contributed by atoms with E-state index in [0.717, 1.165) is 21.4 Å². The molecule has 1 rings (SSSR count). The van der Waals surface area contributed by atoms with Crippen molar-refractivity contribution in [3.05, 3.63) is 28.0 Å². The van der Waals surface area contributed by atoms with E-state index >= 15 is 0 Å². The molecule has 72 valence electrons. The van der Waals surface area contributed by atoms with Crippen LogP contribution in [0, 0.1) is 13.8 Å². The molecule has 0 saturated carbocycles. The van der Waals surface area contributed by atoms with Gasteiger partial charge in [0.2, 0.25) is 0 Å². The highest BCUT2D eigenvalue weighted by atomic mass is 79.9. The number of aryl methyl sites for hydroxylation is 1. The number of nitrogens with zero attached hydrogens (tertiary/aromatic N) is 2. The third-order valence-corrected chi connectivity index (χ3v) is 3.10. The second-order valence-electron chi connectivity index (χ2n) is 3.10. The summed E-state index contributed by atoms with van der Waals surface area (Å²) in [6, 6.07) is 0. The molecule has 0 amide bonds.